The van der Waals surface area contributed by atoms with Crippen LogP contribution >= 0.6 is 0 Å². The molecule has 2 N–H and O–H groups in total. The molecule has 0 bridgehead atoms. The predicted octanol–water partition coefficient (Wildman–Crippen LogP) is 2.86. The molecule has 0 aliphatic carbocycles. The van der Waals surface area contributed by atoms with Crippen molar-refractivity contribution in [3.05, 3.63) is 24.0 Å². The third-order valence-electron chi connectivity index (χ3n) is 4.68. The molecule has 6 nitrogen and oxygen atoms in total. The van der Waals surface area contributed by atoms with Gasteiger partial charge in [-0.3, -0.25) is 9.59 Å². The minimum Gasteiger partial charge on any atom is -0.344 e. The van der Waals surface area contributed by atoms with Gasteiger partial charge in [0.15, 0.2) is 0 Å². The van der Waals surface area contributed by atoms with Crippen molar-refractivity contribution < 1.29 is 9.59 Å². The van der Waals surface area contributed by atoms with Gasteiger partial charge >= 0.3 is 0 Å². The molecule has 2 aromatic rings. The lowest BCUT2D eigenvalue weighted by Gasteiger charge is -2.20. The number of hydrogen-bond donors (Lipinski definition) is 2. The highest BCUT2D eigenvalue weighted by atomic mass is 16.2. The maximum Gasteiger partial charge on any atom is 0.247 e. The average Bonchev–Trinajstić information content (AvgIpc) is 2.73. The molecule has 3 rings (SSSR count). The topological polar surface area (TPSA) is 76.0 Å². The lowest BCUT2D eigenvalue weighted by Crippen LogP contribution is -2.46. The molecule has 0 saturated heterocycles. The number of nitrogens with one attached hydrogen (secondary N) is 2. The Balaban J connectivity index is 1.82. The van der Waals surface area contributed by atoms with Crippen molar-refractivity contribution in [2.24, 2.45) is 5.92 Å². The summed E-state index contributed by atoms with van der Waals surface area (Å²) in [6, 6.07) is 5.30. The summed E-state index contributed by atoms with van der Waals surface area (Å²) in [5.41, 5.74) is 2.74. The Hall–Kier alpha value is -2.37. The quantitative estimate of drug-likeness (QED) is 0.897. The maximum atomic E-state index is 12.5. The van der Waals surface area contributed by atoms with E-state index in [1.165, 1.54) is 26.2 Å². The SMILES string of the molecule is CC(=O)N[C@@H](C(=O)Nc1ccc2c(c1)nc1n2CCCCC1)C(C)C. The molecule has 1 aliphatic rings. The van der Waals surface area contributed by atoms with E-state index in [1.54, 1.807) is 0 Å². The third-order valence-corrected chi connectivity index (χ3v) is 4.68. The minimum absolute atomic E-state index is 0.0105. The van der Waals surface area contributed by atoms with Crippen molar-refractivity contribution in [3.8, 4) is 0 Å². The molecule has 0 radical (unpaired) electrons. The van der Waals surface area contributed by atoms with Crippen LogP contribution in [0.15, 0.2) is 18.2 Å². The summed E-state index contributed by atoms with van der Waals surface area (Å²) in [5, 5.41) is 5.62. The fourth-order valence-corrected chi connectivity index (χ4v) is 3.40. The highest BCUT2D eigenvalue weighted by Crippen LogP contribution is 2.24. The number of aromatic nitrogens is 2. The number of carbonyl (C=O) groups is 2. The van der Waals surface area contributed by atoms with E-state index in [0.717, 1.165) is 29.8 Å². The largest absolute Gasteiger partial charge is 0.344 e. The summed E-state index contributed by atoms with van der Waals surface area (Å²) in [7, 11) is 0. The Bertz CT molecular complexity index is 794. The predicted molar refractivity (Wildman–Crippen MR) is 98.4 cm³/mol. The van der Waals surface area contributed by atoms with Gasteiger partial charge in [0.25, 0.3) is 0 Å². The van der Waals surface area contributed by atoms with E-state index in [4.69, 9.17) is 4.98 Å². The monoisotopic (exact) mass is 342 g/mol. The Labute approximate surface area is 148 Å². The number of rotatable bonds is 4. The van der Waals surface area contributed by atoms with E-state index in [-0.39, 0.29) is 17.7 Å². The summed E-state index contributed by atoms with van der Waals surface area (Å²) in [5.74, 6) is 0.734. The number of imidazole rings is 1. The van der Waals surface area contributed by atoms with E-state index in [0.29, 0.717) is 5.69 Å². The molecule has 1 aliphatic heterocycles. The van der Waals surface area contributed by atoms with Crippen LogP contribution in [0.1, 0.15) is 45.9 Å². The van der Waals surface area contributed by atoms with Crippen LogP contribution in [-0.2, 0) is 22.6 Å². The van der Waals surface area contributed by atoms with E-state index in [9.17, 15) is 9.59 Å². The molecule has 25 heavy (non-hydrogen) atoms. The lowest BCUT2D eigenvalue weighted by molar-refractivity contribution is -0.126. The van der Waals surface area contributed by atoms with E-state index < -0.39 is 6.04 Å². The summed E-state index contributed by atoms with van der Waals surface area (Å²) < 4.78 is 2.29. The van der Waals surface area contributed by atoms with E-state index in [1.807, 2.05) is 32.0 Å². The van der Waals surface area contributed by atoms with E-state index >= 15 is 0 Å². The highest BCUT2D eigenvalue weighted by molar-refractivity contribution is 5.98. The Morgan fingerprint density at radius 3 is 2.72 bits per heavy atom. The highest BCUT2D eigenvalue weighted by Gasteiger charge is 2.23. The van der Waals surface area contributed by atoms with Crippen molar-refractivity contribution in [3.63, 3.8) is 0 Å². The number of nitrogens with zero attached hydrogens (tertiary/aromatic N) is 2. The molecule has 0 unspecified atom stereocenters. The zero-order valence-corrected chi connectivity index (χ0v) is 15.1. The van der Waals surface area contributed by atoms with Crippen LogP contribution in [0, 0.1) is 5.92 Å². The smallest absolute Gasteiger partial charge is 0.247 e. The molecule has 0 fully saturated rings. The normalized spacial score (nSPS) is 15.5. The second-order valence-electron chi connectivity index (χ2n) is 7.11. The van der Waals surface area contributed by atoms with Crippen molar-refractivity contribution >= 4 is 28.5 Å². The van der Waals surface area contributed by atoms with Crippen LogP contribution in [0.4, 0.5) is 5.69 Å². The van der Waals surface area contributed by atoms with Gasteiger partial charge in [-0.05, 0) is 37.0 Å². The zero-order chi connectivity index (χ0) is 18.0. The van der Waals surface area contributed by atoms with Gasteiger partial charge in [0, 0.05) is 25.6 Å². The molecule has 1 atom stereocenters. The summed E-state index contributed by atoms with van der Waals surface area (Å²) in [6.07, 6.45) is 4.62. The average molecular weight is 342 g/mol. The van der Waals surface area contributed by atoms with Crippen molar-refractivity contribution in [1.82, 2.24) is 14.9 Å². The molecule has 2 heterocycles. The third kappa shape index (κ3) is 3.83. The molecule has 0 saturated carbocycles. The first kappa shape index (κ1) is 17.5. The fourth-order valence-electron chi connectivity index (χ4n) is 3.40. The first-order chi connectivity index (χ1) is 12.0. The van der Waals surface area contributed by atoms with Crippen molar-refractivity contribution in [2.75, 3.05) is 5.32 Å². The molecule has 134 valence electrons. The van der Waals surface area contributed by atoms with Crippen LogP contribution < -0.4 is 10.6 Å². The van der Waals surface area contributed by atoms with Gasteiger partial charge in [0.05, 0.1) is 11.0 Å². The van der Waals surface area contributed by atoms with Gasteiger partial charge in [0.1, 0.15) is 11.9 Å². The number of anilines is 1. The first-order valence-corrected chi connectivity index (χ1v) is 9.03. The van der Waals surface area contributed by atoms with E-state index in [2.05, 4.69) is 15.2 Å². The van der Waals surface area contributed by atoms with Gasteiger partial charge < -0.3 is 15.2 Å². The number of fused-ring (bicyclic) bond motifs is 3. The standard InChI is InChI=1S/C19H26N4O2/c1-12(2)18(20-13(3)24)19(25)21-14-8-9-16-15(11-14)22-17-7-5-4-6-10-23(16)17/h8-9,11-12,18H,4-7,10H2,1-3H3,(H,20,24)(H,21,25)/t18-/m1/s1. The number of benzene rings is 1. The zero-order valence-electron chi connectivity index (χ0n) is 15.1. The fraction of sp³-hybridized carbons (Fsp3) is 0.526. The second kappa shape index (κ2) is 7.25. The number of amides is 2. The summed E-state index contributed by atoms with van der Waals surface area (Å²) >= 11 is 0. The Morgan fingerprint density at radius 2 is 2.00 bits per heavy atom. The molecule has 1 aromatic heterocycles. The number of aryl methyl sites for hydroxylation is 2. The first-order valence-electron chi connectivity index (χ1n) is 9.03. The summed E-state index contributed by atoms with van der Waals surface area (Å²) in [4.78, 5) is 28.6. The number of carbonyl (C=O) groups excluding carboxylic acids is 2. The van der Waals surface area contributed by atoms with Crippen LogP contribution in [0.2, 0.25) is 0 Å². The van der Waals surface area contributed by atoms with Gasteiger partial charge in [-0.2, -0.15) is 0 Å². The molecule has 1 aromatic carbocycles. The van der Waals surface area contributed by atoms with Gasteiger partial charge in [0.2, 0.25) is 11.8 Å². The second-order valence-corrected chi connectivity index (χ2v) is 7.11. The van der Waals surface area contributed by atoms with Gasteiger partial charge in [-0.1, -0.05) is 20.3 Å². The Morgan fingerprint density at radius 1 is 1.20 bits per heavy atom. The maximum absolute atomic E-state index is 12.5. The van der Waals surface area contributed by atoms with Crippen LogP contribution in [-0.4, -0.2) is 27.4 Å². The van der Waals surface area contributed by atoms with Gasteiger partial charge in [-0.25, -0.2) is 4.98 Å². The van der Waals surface area contributed by atoms with Gasteiger partial charge in [-0.15, -0.1) is 0 Å². The molecule has 0 spiro atoms. The molecule has 2 amide bonds. The molecule has 6 heteroatoms. The van der Waals surface area contributed by atoms with Crippen LogP contribution in [0.25, 0.3) is 11.0 Å². The molecular weight excluding hydrogens is 316 g/mol. The number of hydrogen-bond acceptors (Lipinski definition) is 3. The Kier molecular flexibility index (Phi) is 5.06. The summed E-state index contributed by atoms with van der Waals surface area (Å²) in [6.45, 7) is 6.26. The van der Waals surface area contributed by atoms with Crippen LogP contribution in [0.5, 0.6) is 0 Å². The lowest BCUT2D eigenvalue weighted by atomic mass is 10.0. The van der Waals surface area contributed by atoms with Crippen molar-refractivity contribution in [1.29, 1.82) is 0 Å². The van der Waals surface area contributed by atoms with Crippen LogP contribution in [0.3, 0.4) is 0 Å². The molecular formula is C19H26N4O2. The minimum atomic E-state index is -0.549. The van der Waals surface area contributed by atoms with Crippen molar-refractivity contribution in [2.45, 2.75) is 59.0 Å².